The summed E-state index contributed by atoms with van der Waals surface area (Å²) in [5.41, 5.74) is 2.64. The highest BCUT2D eigenvalue weighted by molar-refractivity contribution is 5.93. The minimum Gasteiger partial charge on any atom is -0.444 e. The van der Waals surface area contributed by atoms with Crippen LogP contribution in [0.1, 0.15) is 37.6 Å². The highest BCUT2D eigenvalue weighted by atomic mass is 16.6. The second-order valence-electron chi connectivity index (χ2n) is 10.5. The van der Waals surface area contributed by atoms with Crippen molar-refractivity contribution in [3.63, 3.8) is 0 Å². The Kier molecular flexibility index (Phi) is 7.40. The van der Waals surface area contributed by atoms with Gasteiger partial charge in [0.25, 0.3) is 0 Å². The zero-order valence-corrected chi connectivity index (χ0v) is 22.2. The molecule has 4 aromatic rings. The van der Waals surface area contributed by atoms with Crippen molar-refractivity contribution in [1.82, 2.24) is 20.5 Å². The van der Waals surface area contributed by atoms with E-state index in [4.69, 9.17) is 4.74 Å². The number of fused-ring (bicyclic) bond motifs is 1. The van der Waals surface area contributed by atoms with Crippen LogP contribution in [0.5, 0.6) is 0 Å². The Bertz CT molecular complexity index is 1380. The number of pyridine rings is 1. The zero-order valence-electron chi connectivity index (χ0n) is 22.2. The van der Waals surface area contributed by atoms with Crippen LogP contribution >= 0.6 is 0 Å². The van der Waals surface area contributed by atoms with Crippen LogP contribution in [0.4, 0.5) is 16.4 Å². The third-order valence-corrected chi connectivity index (χ3v) is 6.51. The smallest absolute Gasteiger partial charge is 0.407 e. The summed E-state index contributed by atoms with van der Waals surface area (Å²) in [5.74, 6) is 1.87. The van der Waals surface area contributed by atoms with Crippen molar-refractivity contribution in [3.05, 3.63) is 89.7 Å². The van der Waals surface area contributed by atoms with E-state index in [2.05, 4.69) is 78.8 Å². The number of hydrogen-bond donors (Lipinski definition) is 1. The lowest BCUT2D eigenvalue weighted by molar-refractivity contribution is 0.0523. The first-order valence-corrected chi connectivity index (χ1v) is 13.1. The van der Waals surface area contributed by atoms with E-state index in [9.17, 15) is 4.79 Å². The molecule has 5 rings (SSSR count). The van der Waals surface area contributed by atoms with E-state index in [1.54, 1.807) is 0 Å². The minimum atomic E-state index is -0.517. The number of rotatable bonds is 6. The van der Waals surface area contributed by atoms with E-state index in [0.29, 0.717) is 6.54 Å². The first-order valence-electron chi connectivity index (χ1n) is 13.1. The number of aromatic nitrogens is 3. The van der Waals surface area contributed by atoms with Gasteiger partial charge in [0.2, 0.25) is 0 Å². The van der Waals surface area contributed by atoms with Gasteiger partial charge in [0.15, 0.2) is 5.82 Å². The summed E-state index contributed by atoms with van der Waals surface area (Å²) in [6.07, 6.45) is 2.14. The van der Waals surface area contributed by atoms with Gasteiger partial charge in [-0.2, -0.15) is 5.10 Å². The molecule has 1 fully saturated rings. The summed E-state index contributed by atoms with van der Waals surface area (Å²) in [7, 11) is 0. The van der Waals surface area contributed by atoms with Gasteiger partial charge in [0, 0.05) is 56.1 Å². The molecule has 0 unspecified atom stereocenters. The predicted octanol–water partition coefficient (Wildman–Crippen LogP) is 4.97. The van der Waals surface area contributed by atoms with Gasteiger partial charge in [-0.1, -0.05) is 60.7 Å². The molecule has 0 bridgehead atoms. The van der Waals surface area contributed by atoms with E-state index in [-0.39, 0.29) is 0 Å². The highest BCUT2D eigenvalue weighted by Crippen LogP contribution is 2.28. The number of nitrogens with zero attached hydrogens (tertiary/aromatic N) is 5. The van der Waals surface area contributed by atoms with Crippen LogP contribution in [-0.4, -0.2) is 53.1 Å². The second kappa shape index (κ2) is 11.0. The fourth-order valence-corrected chi connectivity index (χ4v) is 4.64. The van der Waals surface area contributed by atoms with Gasteiger partial charge in [-0.15, -0.1) is 5.10 Å². The van der Waals surface area contributed by atoms with Gasteiger partial charge in [-0.25, -0.2) is 9.78 Å². The molecule has 1 amide bonds. The molecule has 1 N–H and O–H groups in total. The van der Waals surface area contributed by atoms with Gasteiger partial charge in [0.1, 0.15) is 11.4 Å². The molecule has 0 atom stereocenters. The Labute approximate surface area is 223 Å². The highest BCUT2D eigenvalue weighted by Gasteiger charge is 2.22. The fraction of sp³-hybridized carbons (Fsp3) is 0.333. The minimum absolute atomic E-state index is 0.377. The summed E-state index contributed by atoms with van der Waals surface area (Å²) >= 11 is 0. The summed E-state index contributed by atoms with van der Waals surface area (Å²) < 4.78 is 5.29. The molecule has 196 valence electrons. The van der Waals surface area contributed by atoms with Crippen LogP contribution in [-0.2, 0) is 17.7 Å². The van der Waals surface area contributed by atoms with Crippen LogP contribution in [0, 0.1) is 0 Å². The molecular weight excluding hydrogens is 476 g/mol. The molecule has 8 nitrogen and oxygen atoms in total. The number of carbonyl (C=O) groups is 1. The van der Waals surface area contributed by atoms with Crippen molar-refractivity contribution in [2.24, 2.45) is 0 Å². The van der Waals surface area contributed by atoms with Gasteiger partial charge < -0.3 is 19.9 Å². The molecule has 2 aromatic carbocycles. The predicted molar refractivity (Wildman–Crippen MR) is 151 cm³/mol. The third-order valence-electron chi connectivity index (χ3n) is 6.51. The molecular formula is C30H34N6O2. The number of hydrogen-bond acceptors (Lipinski definition) is 7. The Balaban J connectivity index is 1.22. The van der Waals surface area contributed by atoms with E-state index in [1.165, 1.54) is 5.56 Å². The Morgan fingerprint density at radius 1 is 0.842 bits per heavy atom. The van der Waals surface area contributed by atoms with Crippen LogP contribution in [0.15, 0.2) is 72.9 Å². The van der Waals surface area contributed by atoms with E-state index >= 15 is 0 Å². The van der Waals surface area contributed by atoms with Crippen molar-refractivity contribution in [2.45, 2.75) is 39.3 Å². The standard InChI is InChI=1S/C30H34N6O2/c1-30(2,3)38-29(37)32-21-23-13-14-27(31-20-23)35-15-17-36(18-16-35)28-25-12-8-7-11-24(25)26(33-34-28)19-22-9-5-4-6-10-22/h4-14,20H,15-19,21H2,1-3H3,(H,32,37). The summed E-state index contributed by atoms with van der Waals surface area (Å²) in [6.45, 7) is 9.26. The maximum atomic E-state index is 11.9. The van der Waals surface area contributed by atoms with Crippen molar-refractivity contribution < 1.29 is 9.53 Å². The number of nitrogens with one attached hydrogen (secondary N) is 1. The maximum absolute atomic E-state index is 11.9. The van der Waals surface area contributed by atoms with Gasteiger partial charge in [0.05, 0.1) is 5.69 Å². The molecule has 0 spiro atoms. The molecule has 1 aliphatic rings. The number of anilines is 2. The number of carbonyl (C=O) groups excluding carboxylic acids is 1. The molecule has 1 aliphatic heterocycles. The third kappa shape index (κ3) is 6.19. The number of ether oxygens (including phenoxy) is 1. The van der Waals surface area contributed by atoms with Crippen LogP contribution in [0.2, 0.25) is 0 Å². The first kappa shape index (κ1) is 25.4. The Morgan fingerprint density at radius 2 is 1.53 bits per heavy atom. The van der Waals surface area contributed by atoms with Gasteiger partial charge in [-0.05, 0) is 38.0 Å². The zero-order chi connectivity index (χ0) is 26.5. The maximum Gasteiger partial charge on any atom is 0.407 e. The first-order chi connectivity index (χ1) is 18.4. The average Bonchev–Trinajstić information content (AvgIpc) is 2.92. The SMILES string of the molecule is CC(C)(C)OC(=O)NCc1ccc(N2CCN(c3nnc(Cc4ccccc4)c4ccccc34)CC2)nc1. The monoisotopic (exact) mass is 510 g/mol. The van der Waals surface area contributed by atoms with E-state index < -0.39 is 11.7 Å². The van der Waals surface area contributed by atoms with E-state index in [0.717, 1.165) is 66.3 Å². The molecule has 1 saturated heterocycles. The number of piperazine rings is 1. The van der Waals surface area contributed by atoms with Crippen molar-refractivity contribution in [3.8, 4) is 0 Å². The van der Waals surface area contributed by atoms with Crippen molar-refractivity contribution in [2.75, 3.05) is 36.0 Å². The van der Waals surface area contributed by atoms with Crippen LogP contribution < -0.4 is 15.1 Å². The Hall–Kier alpha value is -4.20. The van der Waals surface area contributed by atoms with Crippen LogP contribution in [0.3, 0.4) is 0 Å². The molecule has 0 radical (unpaired) electrons. The molecule has 2 aromatic heterocycles. The largest absolute Gasteiger partial charge is 0.444 e. The summed E-state index contributed by atoms with van der Waals surface area (Å²) in [6, 6.07) is 22.8. The Morgan fingerprint density at radius 3 is 2.21 bits per heavy atom. The number of alkyl carbamates (subject to hydrolysis) is 1. The topological polar surface area (TPSA) is 83.5 Å². The number of amides is 1. The van der Waals surface area contributed by atoms with Gasteiger partial charge in [-0.3, -0.25) is 0 Å². The van der Waals surface area contributed by atoms with Crippen molar-refractivity contribution in [1.29, 1.82) is 0 Å². The lowest BCUT2D eigenvalue weighted by Gasteiger charge is -2.36. The average molecular weight is 511 g/mol. The molecule has 3 heterocycles. The lowest BCUT2D eigenvalue weighted by atomic mass is 10.0. The second-order valence-corrected chi connectivity index (χ2v) is 10.5. The van der Waals surface area contributed by atoms with Crippen LogP contribution in [0.25, 0.3) is 10.8 Å². The van der Waals surface area contributed by atoms with E-state index in [1.807, 2.05) is 45.2 Å². The molecule has 8 heteroatoms. The molecule has 38 heavy (non-hydrogen) atoms. The molecule has 0 aliphatic carbocycles. The quantitative estimate of drug-likeness (QED) is 0.392. The number of benzene rings is 2. The summed E-state index contributed by atoms with van der Waals surface area (Å²) in [4.78, 5) is 21.1. The fourth-order valence-electron chi connectivity index (χ4n) is 4.64. The lowest BCUT2D eigenvalue weighted by Crippen LogP contribution is -2.47. The normalized spacial score (nSPS) is 14.0. The molecule has 0 saturated carbocycles. The summed E-state index contributed by atoms with van der Waals surface area (Å²) in [5, 5.41) is 14.4. The van der Waals surface area contributed by atoms with Crippen molar-refractivity contribution >= 4 is 28.5 Å². The van der Waals surface area contributed by atoms with Gasteiger partial charge >= 0.3 is 6.09 Å².